The molecule has 1 fully saturated rings. The Morgan fingerprint density at radius 3 is 2.71 bits per heavy atom. The van der Waals surface area contributed by atoms with Gasteiger partial charge in [-0.1, -0.05) is 6.07 Å². The van der Waals surface area contributed by atoms with Crippen molar-refractivity contribution in [2.75, 3.05) is 31.6 Å². The molecule has 1 aromatic carbocycles. The van der Waals surface area contributed by atoms with E-state index in [-0.39, 0.29) is 12.5 Å². The van der Waals surface area contributed by atoms with Crippen LogP contribution in [0.3, 0.4) is 0 Å². The highest BCUT2D eigenvalue weighted by molar-refractivity contribution is 5.82. The number of anilines is 1. The van der Waals surface area contributed by atoms with E-state index in [0.717, 1.165) is 37.2 Å². The van der Waals surface area contributed by atoms with Crippen LogP contribution in [0.4, 0.5) is 5.69 Å². The molecule has 1 aliphatic rings. The fourth-order valence-electron chi connectivity index (χ4n) is 2.65. The molecule has 1 N–H and O–H groups in total. The Labute approximate surface area is 125 Å². The Morgan fingerprint density at radius 1 is 1.48 bits per heavy atom. The number of carbonyl (C=O) groups is 1. The van der Waals surface area contributed by atoms with E-state index in [2.05, 4.69) is 6.07 Å². The van der Waals surface area contributed by atoms with Gasteiger partial charge in [-0.25, -0.2) is 0 Å². The molecule has 2 rings (SSSR count). The first-order valence-corrected chi connectivity index (χ1v) is 7.24. The molecule has 21 heavy (non-hydrogen) atoms. The van der Waals surface area contributed by atoms with E-state index >= 15 is 0 Å². The Bertz CT molecular complexity index is 557. The highest BCUT2D eigenvalue weighted by Gasteiger charge is 2.21. The Kier molecular flexibility index (Phi) is 4.81. The maximum absolute atomic E-state index is 12.2. The Hall–Kier alpha value is -2.06. The normalized spacial score (nSPS) is 15.6. The zero-order chi connectivity index (χ0) is 15.4. The second-order valence-electron chi connectivity index (χ2n) is 5.51. The van der Waals surface area contributed by atoms with Crippen molar-refractivity contribution < 1.29 is 9.90 Å². The molecular weight excluding hydrogens is 266 g/mol. The molecule has 0 saturated carbocycles. The number of likely N-dealkylation sites (N-methyl/N-ethyl adjacent to an activating group) is 1. The Balaban J connectivity index is 2.18. The van der Waals surface area contributed by atoms with Gasteiger partial charge in [0.15, 0.2) is 0 Å². The number of benzene rings is 1. The van der Waals surface area contributed by atoms with E-state index in [1.165, 1.54) is 0 Å². The standard InChI is InChI=1S/C16H21N3O2/c1-12(20)14-6-5-13(10-17)9-15(14)18(2)11-16(21)19-7-3-4-8-19/h5-6,9,12,20H,3-4,7-8,11H2,1-2H3/t12-/m1/s1. The smallest absolute Gasteiger partial charge is 0.242 e. The van der Waals surface area contributed by atoms with Gasteiger partial charge in [0.05, 0.1) is 24.3 Å². The molecule has 0 radical (unpaired) electrons. The molecule has 1 atom stereocenters. The van der Waals surface area contributed by atoms with Crippen molar-refractivity contribution >= 4 is 11.6 Å². The molecule has 0 spiro atoms. The zero-order valence-electron chi connectivity index (χ0n) is 12.5. The summed E-state index contributed by atoms with van der Waals surface area (Å²) in [6, 6.07) is 7.24. The molecule has 1 amide bonds. The Morgan fingerprint density at radius 2 is 2.14 bits per heavy atom. The summed E-state index contributed by atoms with van der Waals surface area (Å²) in [6.45, 7) is 3.60. The monoisotopic (exact) mass is 287 g/mol. The van der Waals surface area contributed by atoms with Crippen molar-refractivity contribution in [2.24, 2.45) is 0 Å². The number of nitrogens with zero attached hydrogens (tertiary/aromatic N) is 3. The van der Waals surface area contributed by atoms with Crippen LogP contribution in [0.2, 0.25) is 0 Å². The first-order valence-electron chi connectivity index (χ1n) is 7.24. The summed E-state index contributed by atoms with van der Waals surface area (Å²) in [5, 5.41) is 18.9. The van der Waals surface area contributed by atoms with Crippen LogP contribution in [0.25, 0.3) is 0 Å². The summed E-state index contributed by atoms with van der Waals surface area (Å²) in [7, 11) is 1.82. The predicted molar refractivity (Wildman–Crippen MR) is 80.9 cm³/mol. The summed E-state index contributed by atoms with van der Waals surface area (Å²) in [4.78, 5) is 15.9. The lowest BCUT2D eigenvalue weighted by atomic mass is 10.0. The molecule has 0 aliphatic carbocycles. The van der Waals surface area contributed by atoms with Crippen LogP contribution in [-0.4, -0.2) is 42.6 Å². The molecule has 0 bridgehead atoms. The molecule has 1 heterocycles. The van der Waals surface area contributed by atoms with Gasteiger partial charge in [0.1, 0.15) is 0 Å². The van der Waals surface area contributed by atoms with Gasteiger partial charge in [0.25, 0.3) is 0 Å². The number of likely N-dealkylation sites (tertiary alicyclic amines) is 1. The molecule has 1 aliphatic heterocycles. The van der Waals surface area contributed by atoms with E-state index in [1.54, 1.807) is 25.1 Å². The van der Waals surface area contributed by atoms with Crippen molar-refractivity contribution in [3.63, 3.8) is 0 Å². The molecular formula is C16H21N3O2. The number of hydrogen-bond acceptors (Lipinski definition) is 4. The fraction of sp³-hybridized carbons (Fsp3) is 0.500. The van der Waals surface area contributed by atoms with Gasteiger partial charge in [0, 0.05) is 31.4 Å². The van der Waals surface area contributed by atoms with Crippen LogP contribution in [0.1, 0.15) is 37.0 Å². The summed E-state index contributed by atoms with van der Waals surface area (Å²) in [6.07, 6.45) is 1.49. The quantitative estimate of drug-likeness (QED) is 0.914. The van der Waals surface area contributed by atoms with Crippen molar-refractivity contribution in [1.82, 2.24) is 4.90 Å². The van der Waals surface area contributed by atoms with Gasteiger partial charge < -0.3 is 14.9 Å². The third kappa shape index (κ3) is 3.53. The molecule has 5 nitrogen and oxygen atoms in total. The summed E-state index contributed by atoms with van der Waals surface area (Å²) >= 11 is 0. The van der Waals surface area contributed by atoms with Gasteiger partial charge in [-0.2, -0.15) is 5.26 Å². The largest absolute Gasteiger partial charge is 0.389 e. The number of carbonyl (C=O) groups excluding carboxylic acids is 1. The van der Waals surface area contributed by atoms with Gasteiger partial charge in [-0.3, -0.25) is 4.79 Å². The fourth-order valence-corrected chi connectivity index (χ4v) is 2.65. The van der Waals surface area contributed by atoms with E-state index < -0.39 is 6.10 Å². The lowest BCUT2D eigenvalue weighted by Gasteiger charge is -2.25. The molecule has 0 aromatic heterocycles. The second-order valence-corrected chi connectivity index (χ2v) is 5.51. The number of hydrogen-bond donors (Lipinski definition) is 1. The minimum Gasteiger partial charge on any atom is -0.389 e. The maximum Gasteiger partial charge on any atom is 0.242 e. The molecule has 1 saturated heterocycles. The first kappa shape index (κ1) is 15.3. The van der Waals surface area contributed by atoms with Crippen molar-refractivity contribution in [3.8, 4) is 6.07 Å². The highest BCUT2D eigenvalue weighted by Crippen LogP contribution is 2.27. The lowest BCUT2D eigenvalue weighted by Crippen LogP contribution is -2.37. The molecule has 112 valence electrons. The second kappa shape index (κ2) is 6.59. The van der Waals surface area contributed by atoms with Crippen LogP contribution < -0.4 is 4.90 Å². The van der Waals surface area contributed by atoms with Crippen LogP contribution in [-0.2, 0) is 4.79 Å². The van der Waals surface area contributed by atoms with Crippen LogP contribution in [0.15, 0.2) is 18.2 Å². The lowest BCUT2D eigenvalue weighted by molar-refractivity contribution is -0.128. The number of rotatable bonds is 4. The van der Waals surface area contributed by atoms with Gasteiger partial charge >= 0.3 is 0 Å². The minimum absolute atomic E-state index is 0.0916. The number of nitriles is 1. The third-order valence-corrected chi connectivity index (χ3v) is 3.85. The average Bonchev–Trinajstić information content (AvgIpc) is 3.00. The van der Waals surface area contributed by atoms with Crippen molar-refractivity contribution in [1.29, 1.82) is 5.26 Å². The maximum atomic E-state index is 12.2. The van der Waals surface area contributed by atoms with Crippen LogP contribution >= 0.6 is 0 Å². The van der Waals surface area contributed by atoms with Crippen molar-refractivity contribution in [3.05, 3.63) is 29.3 Å². The molecule has 0 unspecified atom stereocenters. The first-order chi connectivity index (χ1) is 10.0. The van der Waals surface area contributed by atoms with Crippen LogP contribution in [0, 0.1) is 11.3 Å². The predicted octanol–water partition coefficient (Wildman–Crippen LogP) is 1.67. The summed E-state index contributed by atoms with van der Waals surface area (Å²) in [5.74, 6) is 0.0916. The zero-order valence-corrected chi connectivity index (χ0v) is 12.5. The average molecular weight is 287 g/mol. The molecule has 5 heteroatoms. The van der Waals surface area contributed by atoms with Gasteiger partial charge in [-0.05, 0) is 31.9 Å². The van der Waals surface area contributed by atoms with E-state index in [4.69, 9.17) is 5.26 Å². The number of amides is 1. The topological polar surface area (TPSA) is 67.6 Å². The SMILES string of the molecule is C[C@@H](O)c1ccc(C#N)cc1N(C)CC(=O)N1CCCC1. The highest BCUT2D eigenvalue weighted by atomic mass is 16.3. The van der Waals surface area contributed by atoms with Crippen molar-refractivity contribution in [2.45, 2.75) is 25.9 Å². The molecule has 1 aromatic rings. The minimum atomic E-state index is -0.642. The third-order valence-electron chi connectivity index (χ3n) is 3.85. The van der Waals surface area contributed by atoms with Gasteiger partial charge in [0.2, 0.25) is 5.91 Å². The number of aliphatic hydroxyl groups excluding tert-OH is 1. The number of aliphatic hydroxyl groups is 1. The van der Waals surface area contributed by atoms with Gasteiger partial charge in [-0.15, -0.1) is 0 Å². The summed E-state index contributed by atoms with van der Waals surface area (Å²) in [5.41, 5.74) is 1.98. The van der Waals surface area contributed by atoms with E-state index in [9.17, 15) is 9.90 Å². The van der Waals surface area contributed by atoms with Crippen LogP contribution in [0.5, 0.6) is 0 Å². The van der Waals surface area contributed by atoms with E-state index in [0.29, 0.717) is 5.56 Å². The van der Waals surface area contributed by atoms with E-state index in [1.807, 2.05) is 16.8 Å². The summed E-state index contributed by atoms with van der Waals surface area (Å²) < 4.78 is 0.